The van der Waals surface area contributed by atoms with Crippen molar-refractivity contribution in [1.82, 2.24) is 19.7 Å². The maximum absolute atomic E-state index is 11.4. The Hall–Kier alpha value is -3.02. The van der Waals surface area contributed by atoms with Crippen LogP contribution in [0.4, 0.5) is 0 Å². The third-order valence-electron chi connectivity index (χ3n) is 4.87. The molecule has 0 amide bonds. The molecule has 6 nitrogen and oxygen atoms in total. The first kappa shape index (κ1) is 20.7. The van der Waals surface area contributed by atoms with Crippen LogP contribution in [0.3, 0.4) is 0 Å². The van der Waals surface area contributed by atoms with E-state index in [4.69, 9.17) is 10.1 Å². The molecule has 0 bridgehead atoms. The standard InChI is InChI=1S/C23H28N4O2/c1-3-5-6-15-27-21(25-20(26-27)8-4-2)16-17-10-12-18(13-11-17)22-19(23(28)29)9-7-14-24-22/h7,9-14H,3-6,8,15-16H2,1-2H3,(H,28,29). The monoisotopic (exact) mass is 392 g/mol. The van der Waals surface area contributed by atoms with Crippen LogP contribution in [0.1, 0.15) is 67.1 Å². The number of hydrogen-bond donors (Lipinski definition) is 1. The van der Waals surface area contributed by atoms with Crippen molar-refractivity contribution in [2.45, 2.75) is 58.9 Å². The topological polar surface area (TPSA) is 80.9 Å². The minimum absolute atomic E-state index is 0.208. The lowest BCUT2D eigenvalue weighted by molar-refractivity contribution is 0.0697. The highest BCUT2D eigenvalue weighted by molar-refractivity contribution is 5.94. The van der Waals surface area contributed by atoms with Gasteiger partial charge in [0.1, 0.15) is 5.82 Å². The Labute approximate surface area is 171 Å². The molecule has 152 valence electrons. The van der Waals surface area contributed by atoms with Gasteiger partial charge >= 0.3 is 5.97 Å². The number of rotatable bonds is 10. The van der Waals surface area contributed by atoms with Crippen molar-refractivity contribution < 1.29 is 9.90 Å². The predicted molar refractivity (Wildman–Crippen MR) is 113 cm³/mol. The van der Waals surface area contributed by atoms with Gasteiger partial charge in [-0.15, -0.1) is 0 Å². The maximum atomic E-state index is 11.4. The van der Waals surface area contributed by atoms with Gasteiger partial charge in [0.05, 0.1) is 11.3 Å². The number of unbranched alkanes of at least 4 members (excludes halogenated alkanes) is 2. The van der Waals surface area contributed by atoms with Crippen LogP contribution in [0, 0.1) is 0 Å². The van der Waals surface area contributed by atoms with Crippen molar-refractivity contribution in [3.05, 3.63) is 65.4 Å². The van der Waals surface area contributed by atoms with Crippen molar-refractivity contribution in [2.24, 2.45) is 0 Å². The van der Waals surface area contributed by atoms with Gasteiger partial charge < -0.3 is 5.11 Å². The van der Waals surface area contributed by atoms with Crippen LogP contribution in [0.5, 0.6) is 0 Å². The molecule has 0 radical (unpaired) electrons. The summed E-state index contributed by atoms with van der Waals surface area (Å²) in [6.45, 7) is 5.23. The molecule has 0 saturated heterocycles. The molecule has 29 heavy (non-hydrogen) atoms. The number of carboxylic acid groups (broad SMARTS) is 1. The van der Waals surface area contributed by atoms with Gasteiger partial charge in [-0.1, -0.05) is 51.0 Å². The molecule has 0 fully saturated rings. The quantitative estimate of drug-likeness (QED) is 0.503. The second-order valence-corrected chi connectivity index (χ2v) is 7.20. The van der Waals surface area contributed by atoms with E-state index < -0.39 is 5.97 Å². The summed E-state index contributed by atoms with van der Waals surface area (Å²) in [7, 11) is 0. The number of carboxylic acids is 1. The zero-order valence-electron chi connectivity index (χ0n) is 17.1. The fourth-order valence-corrected chi connectivity index (χ4v) is 3.35. The van der Waals surface area contributed by atoms with Gasteiger partial charge in [0.2, 0.25) is 0 Å². The molecule has 2 aromatic heterocycles. The average molecular weight is 393 g/mol. The van der Waals surface area contributed by atoms with Crippen LogP contribution in [0.25, 0.3) is 11.3 Å². The third kappa shape index (κ3) is 5.28. The molecule has 0 aliphatic heterocycles. The van der Waals surface area contributed by atoms with Gasteiger partial charge in [0.15, 0.2) is 5.82 Å². The molecule has 0 aliphatic carbocycles. The second kappa shape index (κ2) is 9.96. The van der Waals surface area contributed by atoms with E-state index in [1.54, 1.807) is 18.3 Å². The molecule has 0 aliphatic rings. The van der Waals surface area contributed by atoms with E-state index >= 15 is 0 Å². The summed E-state index contributed by atoms with van der Waals surface area (Å²) in [5.74, 6) is 0.928. The molecule has 0 unspecified atom stereocenters. The summed E-state index contributed by atoms with van der Waals surface area (Å²) in [4.78, 5) is 20.5. The molecule has 0 atom stereocenters. The number of aromatic carboxylic acids is 1. The molecule has 3 rings (SSSR count). The molecule has 3 aromatic rings. The first-order valence-corrected chi connectivity index (χ1v) is 10.3. The smallest absolute Gasteiger partial charge is 0.337 e. The molecule has 1 aromatic carbocycles. The third-order valence-corrected chi connectivity index (χ3v) is 4.87. The van der Waals surface area contributed by atoms with Gasteiger partial charge in [-0.05, 0) is 30.5 Å². The fraction of sp³-hybridized carbons (Fsp3) is 0.391. The van der Waals surface area contributed by atoms with E-state index in [9.17, 15) is 9.90 Å². The van der Waals surface area contributed by atoms with Crippen molar-refractivity contribution in [1.29, 1.82) is 0 Å². The van der Waals surface area contributed by atoms with Crippen LogP contribution >= 0.6 is 0 Å². The normalized spacial score (nSPS) is 11.0. The lowest BCUT2D eigenvalue weighted by Gasteiger charge is -2.08. The minimum atomic E-state index is -0.971. The van der Waals surface area contributed by atoms with Crippen LogP contribution in [-0.4, -0.2) is 30.8 Å². The number of carbonyl (C=O) groups is 1. The van der Waals surface area contributed by atoms with Crippen molar-refractivity contribution in [3.63, 3.8) is 0 Å². The lowest BCUT2D eigenvalue weighted by Crippen LogP contribution is -2.07. The highest BCUT2D eigenvalue weighted by Gasteiger charge is 2.13. The van der Waals surface area contributed by atoms with Gasteiger partial charge in [-0.3, -0.25) is 4.98 Å². The van der Waals surface area contributed by atoms with Crippen molar-refractivity contribution >= 4 is 5.97 Å². The highest BCUT2D eigenvalue weighted by atomic mass is 16.4. The summed E-state index contributed by atoms with van der Waals surface area (Å²) >= 11 is 0. The predicted octanol–water partition coefficient (Wildman–Crippen LogP) is 4.77. The Bertz CT molecular complexity index is 948. The molecular weight excluding hydrogens is 364 g/mol. The van der Waals surface area contributed by atoms with Gasteiger partial charge in [-0.2, -0.15) is 5.10 Å². The summed E-state index contributed by atoms with van der Waals surface area (Å²) in [5.41, 5.74) is 2.61. The Morgan fingerprint density at radius 2 is 1.86 bits per heavy atom. The zero-order valence-corrected chi connectivity index (χ0v) is 17.1. The Morgan fingerprint density at radius 3 is 2.55 bits per heavy atom. The van der Waals surface area contributed by atoms with E-state index in [-0.39, 0.29) is 5.56 Å². The van der Waals surface area contributed by atoms with E-state index in [2.05, 4.69) is 23.5 Å². The molecule has 1 N–H and O–H groups in total. The molecule has 0 saturated carbocycles. The number of aromatic nitrogens is 4. The number of nitrogens with zero attached hydrogens (tertiary/aromatic N) is 4. The fourth-order valence-electron chi connectivity index (χ4n) is 3.35. The van der Waals surface area contributed by atoms with Crippen LogP contribution in [0.2, 0.25) is 0 Å². The summed E-state index contributed by atoms with van der Waals surface area (Å²) in [6.07, 6.45) is 7.72. The Balaban J connectivity index is 1.80. The number of pyridine rings is 1. The van der Waals surface area contributed by atoms with E-state index in [1.165, 1.54) is 12.8 Å². The minimum Gasteiger partial charge on any atom is -0.478 e. The van der Waals surface area contributed by atoms with Crippen molar-refractivity contribution in [2.75, 3.05) is 0 Å². The van der Waals surface area contributed by atoms with Crippen LogP contribution < -0.4 is 0 Å². The van der Waals surface area contributed by atoms with Gasteiger partial charge in [-0.25, -0.2) is 14.5 Å². The zero-order chi connectivity index (χ0) is 20.6. The van der Waals surface area contributed by atoms with E-state index in [0.717, 1.165) is 48.6 Å². The van der Waals surface area contributed by atoms with Crippen molar-refractivity contribution in [3.8, 4) is 11.3 Å². The molecular formula is C23H28N4O2. The summed E-state index contributed by atoms with van der Waals surface area (Å²) < 4.78 is 2.05. The second-order valence-electron chi connectivity index (χ2n) is 7.20. The first-order valence-electron chi connectivity index (χ1n) is 10.3. The molecule has 6 heteroatoms. The first-order chi connectivity index (χ1) is 14.1. The maximum Gasteiger partial charge on any atom is 0.337 e. The highest BCUT2D eigenvalue weighted by Crippen LogP contribution is 2.22. The molecule has 0 spiro atoms. The van der Waals surface area contributed by atoms with E-state index in [0.29, 0.717) is 12.1 Å². The van der Waals surface area contributed by atoms with Gasteiger partial charge in [0, 0.05) is 31.1 Å². The van der Waals surface area contributed by atoms with Crippen LogP contribution in [-0.2, 0) is 19.4 Å². The average Bonchev–Trinajstić information content (AvgIpc) is 3.10. The number of hydrogen-bond acceptors (Lipinski definition) is 4. The lowest BCUT2D eigenvalue weighted by atomic mass is 10.0. The van der Waals surface area contributed by atoms with E-state index in [1.807, 2.05) is 24.3 Å². The number of aryl methyl sites for hydroxylation is 2. The SMILES string of the molecule is CCCCCn1nc(CCC)nc1Cc1ccc(-c2ncccc2C(=O)O)cc1. The number of benzene rings is 1. The Kier molecular flexibility index (Phi) is 7.11. The summed E-state index contributed by atoms with van der Waals surface area (Å²) in [6, 6.07) is 11.1. The van der Waals surface area contributed by atoms with Gasteiger partial charge in [0.25, 0.3) is 0 Å². The molecule has 2 heterocycles. The Morgan fingerprint density at radius 1 is 1.07 bits per heavy atom. The largest absolute Gasteiger partial charge is 0.478 e. The summed E-state index contributed by atoms with van der Waals surface area (Å²) in [5, 5.41) is 14.1. The van der Waals surface area contributed by atoms with Crippen LogP contribution in [0.15, 0.2) is 42.6 Å².